The number of carbonyl (C=O) groups excluding carboxylic acids is 4. The standard InChI is InChI=1S/C24H23ClN4O4/c1-11-7-8-14-20(12(11)2)27-23(33)24(14)19-18(16(28-24)9-17(26)30)21(31)29(22(19)32)10-13-5-3-4-6-15(13)25/h3-8,16,18-19,28H,9-10H2,1-2H3,(H2,26,30)(H,27,33)/t16-,18+,19-,24-/m0/s1. The van der Waals surface area contributed by atoms with Crippen LogP contribution in [0.25, 0.3) is 0 Å². The molecule has 2 aromatic carbocycles. The van der Waals surface area contributed by atoms with Gasteiger partial charge >= 0.3 is 0 Å². The molecule has 9 heteroatoms. The van der Waals surface area contributed by atoms with E-state index in [0.717, 1.165) is 16.0 Å². The highest BCUT2D eigenvalue weighted by atomic mass is 35.5. The van der Waals surface area contributed by atoms with Crippen LogP contribution in [0.3, 0.4) is 0 Å². The summed E-state index contributed by atoms with van der Waals surface area (Å²) in [7, 11) is 0. The van der Waals surface area contributed by atoms with Crippen molar-refractivity contribution in [1.29, 1.82) is 0 Å². The molecule has 33 heavy (non-hydrogen) atoms. The molecule has 4 N–H and O–H groups in total. The van der Waals surface area contributed by atoms with Gasteiger partial charge in [0, 0.05) is 28.7 Å². The number of aryl methyl sites for hydroxylation is 1. The summed E-state index contributed by atoms with van der Waals surface area (Å²) < 4.78 is 0. The number of hydrogen-bond acceptors (Lipinski definition) is 5. The van der Waals surface area contributed by atoms with Crippen LogP contribution in [0, 0.1) is 25.7 Å². The lowest BCUT2D eigenvalue weighted by Crippen LogP contribution is -2.53. The lowest BCUT2D eigenvalue weighted by atomic mass is 9.76. The van der Waals surface area contributed by atoms with Crippen molar-refractivity contribution in [2.75, 3.05) is 5.32 Å². The van der Waals surface area contributed by atoms with E-state index in [0.29, 0.717) is 21.8 Å². The molecule has 0 unspecified atom stereocenters. The van der Waals surface area contributed by atoms with E-state index in [2.05, 4.69) is 10.6 Å². The number of nitrogens with two attached hydrogens (primary N) is 1. The first-order valence-electron chi connectivity index (χ1n) is 10.7. The molecular weight excluding hydrogens is 444 g/mol. The second kappa shape index (κ2) is 7.40. The zero-order valence-corrected chi connectivity index (χ0v) is 18.9. The van der Waals surface area contributed by atoms with Crippen LogP contribution >= 0.6 is 11.6 Å². The second-order valence-electron chi connectivity index (χ2n) is 8.97. The number of halogens is 1. The first-order valence-corrected chi connectivity index (χ1v) is 11.1. The summed E-state index contributed by atoms with van der Waals surface area (Å²) in [5.74, 6) is -3.83. The van der Waals surface area contributed by atoms with Crippen molar-refractivity contribution in [3.63, 3.8) is 0 Å². The molecule has 2 saturated heterocycles. The number of benzene rings is 2. The Morgan fingerprint density at radius 1 is 1.12 bits per heavy atom. The van der Waals surface area contributed by atoms with Crippen molar-refractivity contribution in [3.05, 3.63) is 63.7 Å². The molecule has 8 nitrogen and oxygen atoms in total. The lowest BCUT2D eigenvalue weighted by molar-refractivity contribution is -0.143. The van der Waals surface area contributed by atoms with Crippen molar-refractivity contribution in [1.82, 2.24) is 10.2 Å². The van der Waals surface area contributed by atoms with Gasteiger partial charge < -0.3 is 11.1 Å². The van der Waals surface area contributed by atoms with E-state index < -0.39 is 47.0 Å². The van der Waals surface area contributed by atoms with Gasteiger partial charge in [-0.2, -0.15) is 0 Å². The predicted octanol–water partition coefficient (Wildman–Crippen LogP) is 1.75. The minimum atomic E-state index is -1.46. The van der Waals surface area contributed by atoms with Crippen molar-refractivity contribution < 1.29 is 19.2 Å². The van der Waals surface area contributed by atoms with Crippen molar-refractivity contribution in [3.8, 4) is 0 Å². The highest BCUT2D eigenvalue weighted by Gasteiger charge is 2.70. The third-order valence-corrected chi connectivity index (χ3v) is 7.59. The summed E-state index contributed by atoms with van der Waals surface area (Å²) in [6, 6.07) is 9.91. The molecule has 170 valence electrons. The number of fused-ring (bicyclic) bond motifs is 4. The third-order valence-electron chi connectivity index (χ3n) is 7.22. The number of rotatable bonds is 4. The Bertz CT molecular complexity index is 1240. The number of hydrogen-bond donors (Lipinski definition) is 3. The monoisotopic (exact) mass is 466 g/mol. The molecule has 3 aliphatic rings. The molecule has 2 fully saturated rings. The molecule has 0 saturated carbocycles. The molecule has 4 atom stereocenters. The number of nitrogens with one attached hydrogen (secondary N) is 2. The molecule has 0 radical (unpaired) electrons. The molecular formula is C24H23ClN4O4. The molecule has 0 aliphatic carbocycles. The van der Waals surface area contributed by atoms with Crippen molar-refractivity contribution >= 4 is 40.9 Å². The fraction of sp³-hybridized carbons (Fsp3) is 0.333. The van der Waals surface area contributed by atoms with Gasteiger partial charge in [-0.05, 0) is 36.6 Å². The number of carbonyl (C=O) groups is 4. The summed E-state index contributed by atoms with van der Waals surface area (Å²) >= 11 is 6.27. The van der Waals surface area contributed by atoms with Gasteiger partial charge in [0.2, 0.25) is 23.6 Å². The number of imide groups is 1. The Balaban J connectivity index is 1.63. The maximum absolute atomic E-state index is 13.7. The molecule has 0 aromatic heterocycles. The van der Waals surface area contributed by atoms with Gasteiger partial charge in [0.05, 0.1) is 18.4 Å². The van der Waals surface area contributed by atoms with Crippen molar-refractivity contribution in [2.45, 2.75) is 38.4 Å². The topological polar surface area (TPSA) is 122 Å². The molecule has 2 aromatic rings. The van der Waals surface area contributed by atoms with Crippen LogP contribution in [-0.4, -0.2) is 34.6 Å². The third kappa shape index (κ3) is 2.94. The molecule has 1 spiro atoms. The van der Waals surface area contributed by atoms with Crippen LogP contribution in [0.2, 0.25) is 5.02 Å². The van der Waals surface area contributed by atoms with Crippen LogP contribution in [-0.2, 0) is 31.3 Å². The maximum Gasteiger partial charge on any atom is 0.250 e. The molecule has 4 amide bonds. The minimum absolute atomic E-state index is 0.00882. The van der Waals surface area contributed by atoms with Crippen LogP contribution in [0.4, 0.5) is 5.69 Å². The molecule has 0 bridgehead atoms. The van der Waals surface area contributed by atoms with E-state index in [1.54, 1.807) is 30.3 Å². The number of anilines is 1. The highest BCUT2D eigenvalue weighted by molar-refractivity contribution is 6.31. The van der Waals surface area contributed by atoms with Crippen molar-refractivity contribution in [2.24, 2.45) is 17.6 Å². The average molecular weight is 467 g/mol. The summed E-state index contributed by atoms with van der Waals surface area (Å²) in [6.45, 7) is 3.82. The van der Waals surface area contributed by atoms with Gasteiger partial charge in [-0.15, -0.1) is 0 Å². The van der Waals surface area contributed by atoms with Gasteiger partial charge in [-0.25, -0.2) is 0 Å². The summed E-state index contributed by atoms with van der Waals surface area (Å²) in [4.78, 5) is 53.7. The summed E-state index contributed by atoms with van der Waals surface area (Å²) in [6.07, 6.45) is -0.171. The van der Waals surface area contributed by atoms with Crippen LogP contribution < -0.4 is 16.4 Å². The zero-order valence-electron chi connectivity index (χ0n) is 18.1. The Morgan fingerprint density at radius 2 is 1.85 bits per heavy atom. The quantitative estimate of drug-likeness (QED) is 0.593. The fourth-order valence-electron chi connectivity index (χ4n) is 5.52. The van der Waals surface area contributed by atoms with Gasteiger partial charge in [0.25, 0.3) is 0 Å². The van der Waals surface area contributed by atoms with Gasteiger partial charge in [0.1, 0.15) is 5.54 Å². The van der Waals surface area contributed by atoms with E-state index in [1.165, 1.54) is 0 Å². The minimum Gasteiger partial charge on any atom is -0.370 e. The normalized spacial score (nSPS) is 27.8. The molecule has 3 aliphatic heterocycles. The molecule has 3 heterocycles. The molecule has 5 rings (SSSR count). The smallest absolute Gasteiger partial charge is 0.250 e. The summed E-state index contributed by atoms with van der Waals surface area (Å²) in [5.41, 5.74) is 7.75. The van der Waals surface area contributed by atoms with E-state index in [1.807, 2.05) is 19.9 Å². The Morgan fingerprint density at radius 3 is 2.55 bits per heavy atom. The Kier molecular flexibility index (Phi) is 4.84. The van der Waals surface area contributed by atoms with Crippen LogP contribution in [0.1, 0.15) is 28.7 Å². The number of amides is 4. The van der Waals surface area contributed by atoms with E-state index in [9.17, 15) is 19.2 Å². The van der Waals surface area contributed by atoms with Crippen LogP contribution in [0.15, 0.2) is 36.4 Å². The summed E-state index contributed by atoms with van der Waals surface area (Å²) in [5, 5.41) is 6.55. The first-order chi connectivity index (χ1) is 15.7. The zero-order chi connectivity index (χ0) is 23.7. The van der Waals surface area contributed by atoms with Gasteiger partial charge in [-0.3, -0.25) is 29.4 Å². The van der Waals surface area contributed by atoms with Gasteiger partial charge in [-0.1, -0.05) is 41.9 Å². The largest absolute Gasteiger partial charge is 0.370 e. The maximum atomic E-state index is 13.7. The first kappa shape index (κ1) is 21.6. The van der Waals surface area contributed by atoms with E-state index >= 15 is 0 Å². The Hall–Kier alpha value is -3.23. The Labute approximate surface area is 195 Å². The fourth-order valence-corrected chi connectivity index (χ4v) is 5.72. The number of primary amides is 1. The lowest BCUT2D eigenvalue weighted by Gasteiger charge is -2.29. The van der Waals surface area contributed by atoms with Crippen LogP contribution in [0.5, 0.6) is 0 Å². The number of likely N-dealkylation sites (tertiary alicyclic amines) is 1. The average Bonchev–Trinajstić information content (AvgIpc) is 3.33. The number of nitrogens with zero attached hydrogens (tertiary/aromatic N) is 1. The van der Waals surface area contributed by atoms with E-state index in [-0.39, 0.29) is 13.0 Å². The van der Waals surface area contributed by atoms with Gasteiger partial charge in [0.15, 0.2) is 0 Å². The highest BCUT2D eigenvalue weighted by Crippen LogP contribution is 2.54. The predicted molar refractivity (Wildman–Crippen MR) is 121 cm³/mol. The second-order valence-corrected chi connectivity index (χ2v) is 9.38. The SMILES string of the molecule is Cc1ccc2c(c1C)NC(=O)[C@]21N[C@@H](CC(N)=O)[C@H]2C(=O)N(Cc3ccccc3Cl)C(=O)[C@H]21. The van der Waals surface area contributed by atoms with E-state index in [4.69, 9.17) is 17.3 Å².